The Balaban J connectivity index is 1.77. The molecule has 32 heavy (non-hydrogen) atoms. The summed E-state index contributed by atoms with van der Waals surface area (Å²) in [5, 5.41) is 15.2. The van der Waals surface area contributed by atoms with Gasteiger partial charge in [0.25, 0.3) is 5.91 Å². The van der Waals surface area contributed by atoms with Crippen molar-refractivity contribution in [2.75, 3.05) is 32.1 Å². The fraction of sp³-hybridized carbons (Fsp3) is 0.375. The zero-order valence-corrected chi connectivity index (χ0v) is 18.7. The van der Waals surface area contributed by atoms with Crippen molar-refractivity contribution in [1.29, 1.82) is 0 Å². The molecule has 1 heterocycles. The average molecular weight is 440 g/mol. The molecule has 1 aliphatic heterocycles. The van der Waals surface area contributed by atoms with E-state index in [2.05, 4.69) is 10.6 Å². The number of ether oxygens (including phenoxy) is 1. The summed E-state index contributed by atoms with van der Waals surface area (Å²) in [6, 6.07) is 13.3. The fourth-order valence-corrected chi connectivity index (χ4v) is 3.53. The Bertz CT molecular complexity index is 988. The van der Waals surface area contributed by atoms with Crippen molar-refractivity contribution in [3.05, 3.63) is 59.7 Å². The molecular formula is C24H29N3O5. The SMILES string of the molecule is CC1OCC(=O)C1(C)NC(=O)C(CNC(=O)c1ccc(N(C)C)cc1)c1ccc(O)cc1. The Morgan fingerprint density at radius 2 is 1.78 bits per heavy atom. The molecule has 3 N–H and O–H groups in total. The van der Waals surface area contributed by atoms with Crippen LogP contribution >= 0.6 is 0 Å². The number of hydrogen-bond acceptors (Lipinski definition) is 6. The second kappa shape index (κ2) is 9.40. The zero-order valence-electron chi connectivity index (χ0n) is 18.7. The molecule has 1 fully saturated rings. The molecule has 8 nitrogen and oxygen atoms in total. The van der Waals surface area contributed by atoms with Crippen LogP contribution in [0.25, 0.3) is 0 Å². The standard InChI is InChI=1S/C24H29N3O5/c1-15-24(2,21(29)14-32-15)26-23(31)20(16-7-11-19(28)12-8-16)13-25-22(30)17-5-9-18(10-6-17)27(3)4/h5-12,15,20,28H,13-14H2,1-4H3,(H,25,30)(H,26,31). The molecule has 0 radical (unpaired) electrons. The Kier molecular flexibility index (Phi) is 6.84. The first kappa shape index (κ1) is 23.3. The number of nitrogens with one attached hydrogen (secondary N) is 2. The van der Waals surface area contributed by atoms with E-state index in [0.717, 1.165) is 5.69 Å². The quantitative estimate of drug-likeness (QED) is 0.608. The van der Waals surface area contributed by atoms with Crippen LogP contribution in [0.15, 0.2) is 48.5 Å². The minimum Gasteiger partial charge on any atom is -0.508 e. The lowest BCUT2D eigenvalue weighted by Crippen LogP contribution is -2.57. The summed E-state index contributed by atoms with van der Waals surface area (Å²) in [7, 11) is 3.83. The minimum absolute atomic E-state index is 0.0182. The number of benzene rings is 2. The van der Waals surface area contributed by atoms with E-state index in [1.807, 2.05) is 31.1 Å². The van der Waals surface area contributed by atoms with Crippen molar-refractivity contribution in [1.82, 2.24) is 10.6 Å². The van der Waals surface area contributed by atoms with Crippen molar-refractivity contribution in [2.24, 2.45) is 0 Å². The smallest absolute Gasteiger partial charge is 0.251 e. The van der Waals surface area contributed by atoms with Crippen LogP contribution in [-0.2, 0) is 14.3 Å². The number of aromatic hydroxyl groups is 1. The Labute approximate surface area is 187 Å². The van der Waals surface area contributed by atoms with Gasteiger partial charge in [-0.25, -0.2) is 0 Å². The van der Waals surface area contributed by atoms with Crippen LogP contribution in [0.4, 0.5) is 5.69 Å². The van der Waals surface area contributed by atoms with E-state index < -0.39 is 23.5 Å². The first-order valence-corrected chi connectivity index (χ1v) is 10.4. The number of phenols is 1. The monoisotopic (exact) mass is 439 g/mol. The zero-order chi connectivity index (χ0) is 23.5. The van der Waals surface area contributed by atoms with Gasteiger partial charge in [-0.2, -0.15) is 0 Å². The maximum atomic E-state index is 13.2. The highest BCUT2D eigenvalue weighted by Crippen LogP contribution is 2.25. The molecule has 0 bridgehead atoms. The highest BCUT2D eigenvalue weighted by Gasteiger charge is 2.47. The fourth-order valence-electron chi connectivity index (χ4n) is 3.53. The lowest BCUT2D eigenvalue weighted by atomic mass is 9.90. The Morgan fingerprint density at radius 3 is 2.31 bits per heavy atom. The number of Topliss-reactive ketones (excluding diaryl/α,β-unsaturated/α-hetero) is 1. The molecular weight excluding hydrogens is 410 g/mol. The number of nitrogens with zero attached hydrogens (tertiary/aromatic N) is 1. The second-order valence-electron chi connectivity index (χ2n) is 8.36. The molecule has 170 valence electrons. The third-order valence-corrected chi connectivity index (χ3v) is 5.96. The average Bonchev–Trinajstić information content (AvgIpc) is 3.01. The molecule has 3 atom stereocenters. The molecule has 1 aliphatic rings. The summed E-state index contributed by atoms with van der Waals surface area (Å²) in [4.78, 5) is 40.2. The van der Waals surface area contributed by atoms with Gasteiger partial charge in [0, 0.05) is 31.9 Å². The van der Waals surface area contributed by atoms with E-state index in [1.165, 1.54) is 12.1 Å². The second-order valence-corrected chi connectivity index (χ2v) is 8.36. The number of amides is 2. The molecule has 0 aromatic heterocycles. The van der Waals surface area contributed by atoms with Crippen LogP contribution in [0.1, 0.15) is 35.7 Å². The van der Waals surface area contributed by atoms with Gasteiger partial charge in [-0.3, -0.25) is 14.4 Å². The lowest BCUT2D eigenvalue weighted by Gasteiger charge is -2.29. The van der Waals surface area contributed by atoms with E-state index in [-0.39, 0.29) is 30.6 Å². The highest BCUT2D eigenvalue weighted by molar-refractivity contribution is 5.98. The van der Waals surface area contributed by atoms with Gasteiger partial charge in [0.15, 0.2) is 5.78 Å². The third-order valence-electron chi connectivity index (χ3n) is 5.96. The van der Waals surface area contributed by atoms with E-state index in [0.29, 0.717) is 11.1 Å². The molecule has 2 aromatic carbocycles. The largest absolute Gasteiger partial charge is 0.508 e. The summed E-state index contributed by atoms with van der Waals surface area (Å²) in [5.74, 6) is -1.62. The summed E-state index contributed by atoms with van der Waals surface area (Å²) in [6.07, 6.45) is -0.468. The van der Waals surface area contributed by atoms with E-state index in [9.17, 15) is 19.5 Å². The molecule has 3 unspecified atom stereocenters. The normalized spacial score (nSPS) is 21.1. The summed E-state index contributed by atoms with van der Waals surface area (Å²) < 4.78 is 5.39. The predicted octanol–water partition coefficient (Wildman–Crippen LogP) is 1.83. The van der Waals surface area contributed by atoms with Crippen LogP contribution in [0.5, 0.6) is 5.75 Å². The van der Waals surface area contributed by atoms with Crippen LogP contribution < -0.4 is 15.5 Å². The van der Waals surface area contributed by atoms with Crippen molar-refractivity contribution < 1.29 is 24.2 Å². The summed E-state index contributed by atoms with van der Waals surface area (Å²) in [5.41, 5.74) is 0.901. The molecule has 0 saturated carbocycles. The number of carbonyl (C=O) groups excluding carboxylic acids is 3. The van der Waals surface area contributed by atoms with Gasteiger partial charge >= 0.3 is 0 Å². The molecule has 0 spiro atoms. The van der Waals surface area contributed by atoms with Crippen molar-refractivity contribution >= 4 is 23.3 Å². The van der Waals surface area contributed by atoms with E-state index in [4.69, 9.17) is 4.74 Å². The number of phenolic OH excluding ortho intramolecular Hbond substituents is 1. The van der Waals surface area contributed by atoms with Gasteiger partial charge < -0.3 is 25.4 Å². The first-order chi connectivity index (χ1) is 15.1. The van der Waals surface area contributed by atoms with Crippen molar-refractivity contribution in [3.63, 3.8) is 0 Å². The van der Waals surface area contributed by atoms with Gasteiger partial charge in [-0.05, 0) is 55.8 Å². The molecule has 0 aliphatic carbocycles. The van der Waals surface area contributed by atoms with Crippen molar-refractivity contribution in [2.45, 2.75) is 31.4 Å². The highest BCUT2D eigenvalue weighted by atomic mass is 16.5. The molecule has 3 rings (SSSR count). The minimum atomic E-state index is -1.14. The predicted molar refractivity (Wildman–Crippen MR) is 121 cm³/mol. The topological polar surface area (TPSA) is 108 Å². The van der Waals surface area contributed by atoms with Crippen LogP contribution in [0, 0.1) is 0 Å². The Morgan fingerprint density at radius 1 is 1.16 bits per heavy atom. The van der Waals surface area contributed by atoms with Gasteiger partial charge in [0.05, 0.1) is 12.0 Å². The maximum absolute atomic E-state index is 13.2. The van der Waals surface area contributed by atoms with Gasteiger partial charge in [0.1, 0.15) is 17.9 Å². The van der Waals surface area contributed by atoms with Crippen LogP contribution in [0.3, 0.4) is 0 Å². The van der Waals surface area contributed by atoms with E-state index >= 15 is 0 Å². The number of hydrogen-bond donors (Lipinski definition) is 3. The van der Waals surface area contributed by atoms with Gasteiger partial charge in [-0.15, -0.1) is 0 Å². The summed E-state index contributed by atoms with van der Waals surface area (Å²) in [6.45, 7) is 3.34. The van der Waals surface area contributed by atoms with E-state index in [1.54, 1.807) is 38.1 Å². The Hall–Kier alpha value is -3.39. The third kappa shape index (κ3) is 4.91. The number of anilines is 1. The first-order valence-electron chi connectivity index (χ1n) is 10.4. The van der Waals surface area contributed by atoms with Crippen LogP contribution in [-0.4, -0.2) is 61.6 Å². The molecule has 8 heteroatoms. The van der Waals surface area contributed by atoms with Gasteiger partial charge in [-0.1, -0.05) is 12.1 Å². The van der Waals surface area contributed by atoms with Crippen molar-refractivity contribution in [3.8, 4) is 5.75 Å². The summed E-state index contributed by atoms with van der Waals surface area (Å²) >= 11 is 0. The number of ketones is 1. The number of rotatable bonds is 7. The molecule has 2 aromatic rings. The molecule has 1 saturated heterocycles. The molecule has 2 amide bonds. The number of carbonyl (C=O) groups is 3. The maximum Gasteiger partial charge on any atom is 0.251 e. The van der Waals surface area contributed by atoms with Crippen LogP contribution in [0.2, 0.25) is 0 Å². The van der Waals surface area contributed by atoms with Gasteiger partial charge in [0.2, 0.25) is 5.91 Å². The lowest BCUT2D eigenvalue weighted by molar-refractivity contribution is -0.130.